The van der Waals surface area contributed by atoms with Gasteiger partial charge in [0.25, 0.3) is 0 Å². The first-order chi connectivity index (χ1) is 3.77. The molecule has 58 valence electrons. The van der Waals surface area contributed by atoms with Crippen LogP contribution in [-0.2, 0) is 0 Å². The molecule has 0 heterocycles. The number of rotatable bonds is 4. The molecule has 0 nitrogen and oxygen atoms in total. The van der Waals surface area contributed by atoms with Crippen molar-refractivity contribution in [2.45, 2.75) is 39.5 Å². The number of hydrogen-bond donors (Lipinski definition) is 0. The number of unbranched alkanes of at least 4 members (excludes halogenated alkanes) is 2. The van der Waals surface area contributed by atoms with E-state index < -0.39 is 0 Å². The molecule has 0 N–H and O–H groups in total. The molecule has 1 unspecified atom stereocenters. The van der Waals surface area contributed by atoms with Crippen molar-refractivity contribution in [1.82, 2.24) is 0 Å². The maximum atomic E-state index is 3.91. The van der Waals surface area contributed by atoms with E-state index in [4.69, 9.17) is 0 Å². The maximum absolute atomic E-state index is 3.91. The summed E-state index contributed by atoms with van der Waals surface area (Å²) in [5.41, 5.74) is 0. The van der Waals surface area contributed by atoms with Gasteiger partial charge in [0.1, 0.15) is 0 Å². The normalized spacial score (nSPS) is 11.1. The summed E-state index contributed by atoms with van der Waals surface area (Å²) in [6.07, 6.45) is 5.36. The Bertz CT molecular complexity index is 46.5. The van der Waals surface area contributed by atoms with E-state index >= 15 is 0 Å². The standard InChI is InChI=1S/C8H17.BrH.Mg/c1-4-5-6-7-8(2)3;;/h8H,2,4-7H2,1,3H3;1H;/q-1;;+2/p-1. The minimum absolute atomic E-state index is 0. The summed E-state index contributed by atoms with van der Waals surface area (Å²) in [5.74, 6) is 0.654. The summed E-state index contributed by atoms with van der Waals surface area (Å²) in [7, 11) is 0. The minimum Gasteiger partial charge on any atom is -1.00 e. The second kappa shape index (κ2) is 12.9. The Hall–Kier alpha value is 1.25. The topological polar surface area (TPSA) is 0 Å². The third-order valence-electron chi connectivity index (χ3n) is 1.30. The van der Waals surface area contributed by atoms with Gasteiger partial charge in [-0.05, 0) is 0 Å². The summed E-state index contributed by atoms with van der Waals surface area (Å²) >= 11 is 0. The van der Waals surface area contributed by atoms with Crippen LogP contribution in [0.2, 0.25) is 0 Å². The molecule has 1 atom stereocenters. The first-order valence-electron chi connectivity index (χ1n) is 3.60. The summed E-state index contributed by atoms with van der Waals surface area (Å²) in [4.78, 5) is 0. The summed E-state index contributed by atoms with van der Waals surface area (Å²) in [6, 6.07) is 0. The quantitative estimate of drug-likeness (QED) is 0.343. The molecule has 0 saturated heterocycles. The van der Waals surface area contributed by atoms with E-state index in [0.717, 1.165) is 0 Å². The molecule has 0 radical (unpaired) electrons. The van der Waals surface area contributed by atoms with Crippen LogP contribution in [-0.4, -0.2) is 23.1 Å². The molecule has 0 amide bonds. The van der Waals surface area contributed by atoms with Crippen molar-refractivity contribution in [2.75, 3.05) is 0 Å². The SMILES string of the molecule is [Br-].[CH2-]C(C)CCCCC.[Mg+2]. The Morgan fingerprint density at radius 1 is 1.30 bits per heavy atom. The summed E-state index contributed by atoms with van der Waals surface area (Å²) in [6.45, 7) is 8.32. The van der Waals surface area contributed by atoms with Crippen molar-refractivity contribution >= 4 is 23.1 Å². The van der Waals surface area contributed by atoms with Crippen LogP contribution in [0.5, 0.6) is 0 Å². The zero-order valence-corrected chi connectivity index (χ0v) is 10.2. The Kier molecular flexibility index (Phi) is 22.4. The average molecular weight is 217 g/mol. The molecule has 0 fully saturated rings. The van der Waals surface area contributed by atoms with Crippen LogP contribution in [0.15, 0.2) is 0 Å². The summed E-state index contributed by atoms with van der Waals surface area (Å²) < 4.78 is 0. The van der Waals surface area contributed by atoms with E-state index in [9.17, 15) is 0 Å². The minimum atomic E-state index is 0. The van der Waals surface area contributed by atoms with E-state index in [-0.39, 0.29) is 40.0 Å². The number of hydrogen-bond acceptors (Lipinski definition) is 0. The molecule has 0 aliphatic carbocycles. The van der Waals surface area contributed by atoms with Crippen molar-refractivity contribution < 1.29 is 17.0 Å². The van der Waals surface area contributed by atoms with Crippen molar-refractivity contribution in [3.8, 4) is 0 Å². The van der Waals surface area contributed by atoms with Gasteiger partial charge in [-0.3, -0.25) is 0 Å². The van der Waals surface area contributed by atoms with Gasteiger partial charge in [-0.15, -0.1) is 0 Å². The summed E-state index contributed by atoms with van der Waals surface area (Å²) in [5, 5.41) is 0. The third-order valence-corrected chi connectivity index (χ3v) is 1.30. The Labute approximate surface area is 92.1 Å². The van der Waals surface area contributed by atoms with Crippen LogP contribution in [0.1, 0.15) is 39.5 Å². The largest absolute Gasteiger partial charge is 2.00 e. The van der Waals surface area contributed by atoms with E-state index in [1.165, 1.54) is 25.7 Å². The van der Waals surface area contributed by atoms with Gasteiger partial charge < -0.3 is 23.9 Å². The van der Waals surface area contributed by atoms with Gasteiger partial charge in [-0.25, -0.2) is 0 Å². The molecule has 0 aromatic carbocycles. The third kappa shape index (κ3) is 16.1. The fourth-order valence-electron chi connectivity index (χ4n) is 0.743. The average Bonchev–Trinajstić information content (AvgIpc) is 1.66. The van der Waals surface area contributed by atoms with E-state index in [1.807, 2.05) is 0 Å². The van der Waals surface area contributed by atoms with Crippen molar-refractivity contribution in [3.63, 3.8) is 0 Å². The molecule has 0 rings (SSSR count). The molecule has 0 aromatic heterocycles. The molecule has 2 heteroatoms. The van der Waals surface area contributed by atoms with Gasteiger partial charge in [0, 0.05) is 0 Å². The Balaban J connectivity index is -0.000000245. The van der Waals surface area contributed by atoms with Crippen LogP contribution in [0.3, 0.4) is 0 Å². The molecule has 0 saturated carbocycles. The predicted octanol–water partition coefficient (Wildman–Crippen LogP) is -0.340. The molecule has 0 bridgehead atoms. The zero-order valence-electron chi connectivity index (χ0n) is 7.20. The van der Waals surface area contributed by atoms with Gasteiger partial charge in [0.15, 0.2) is 0 Å². The van der Waals surface area contributed by atoms with Crippen LogP contribution in [0.4, 0.5) is 0 Å². The zero-order chi connectivity index (χ0) is 6.41. The molecule has 0 aliphatic rings. The van der Waals surface area contributed by atoms with Crippen LogP contribution in [0.25, 0.3) is 0 Å². The monoisotopic (exact) mass is 216 g/mol. The second-order valence-electron chi connectivity index (χ2n) is 2.60. The van der Waals surface area contributed by atoms with Crippen molar-refractivity contribution in [2.24, 2.45) is 5.92 Å². The maximum Gasteiger partial charge on any atom is 2.00 e. The molecule has 0 aromatic rings. The fraction of sp³-hybridized carbons (Fsp3) is 0.875. The van der Waals surface area contributed by atoms with E-state index in [0.29, 0.717) is 5.92 Å². The Morgan fingerprint density at radius 2 is 1.80 bits per heavy atom. The van der Waals surface area contributed by atoms with Crippen molar-refractivity contribution in [3.05, 3.63) is 6.92 Å². The Morgan fingerprint density at radius 3 is 2.10 bits per heavy atom. The smallest absolute Gasteiger partial charge is 1.00 e. The van der Waals surface area contributed by atoms with Gasteiger partial charge in [0.2, 0.25) is 0 Å². The van der Waals surface area contributed by atoms with E-state index in [2.05, 4.69) is 20.8 Å². The first-order valence-corrected chi connectivity index (χ1v) is 3.60. The van der Waals surface area contributed by atoms with Gasteiger partial charge in [-0.1, -0.05) is 39.5 Å². The second-order valence-corrected chi connectivity index (χ2v) is 2.60. The molecule has 0 spiro atoms. The number of halogens is 1. The van der Waals surface area contributed by atoms with Crippen LogP contribution < -0.4 is 17.0 Å². The molecule has 10 heavy (non-hydrogen) atoms. The molecular weight excluding hydrogens is 200 g/mol. The van der Waals surface area contributed by atoms with Crippen molar-refractivity contribution in [1.29, 1.82) is 0 Å². The molecule has 0 aliphatic heterocycles. The van der Waals surface area contributed by atoms with Gasteiger partial charge >= 0.3 is 23.1 Å². The van der Waals surface area contributed by atoms with Crippen LogP contribution in [0, 0.1) is 12.8 Å². The fourth-order valence-corrected chi connectivity index (χ4v) is 0.743. The first kappa shape index (κ1) is 17.4. The van der Waals surface area contributed by atoms with Gasteiger partial charge in [-0.2, -0.15) is 5.92 Å². The predicted molar refractivity (Wildman–Crippen MR) is 44.4 cm³/mol. The van der Waals surface area contributed by atoms with Gasteiger partial charge in [0.05, 0.1) is 0 Å². The molecular formula is C8H17BrMg. The van der Waals surface area contributed by atoms with Crippen LogP contribution >= 0.6 is 0 Å². The van der Waals surface area contributed by atoms with E-state index in [1.54, 1.807) is 0 Å².